The largest absolute Gasteiger partial charge is 0.490 e. The Morgan fingerprint density at radius 1 is 0.894 bits per heavy atom. The normalized spacial score (nSPS) is 17.5. The number of carbonyl (C=O) groups excluding carboxylic acids is 2. The van der Waals surface area contributed by atoms with E-state index in [1.807, 2.05) is 36.4 Å². The lowest BCUT2D eigenvalue weighted by Crippen LogP contribution is -2.56. The molecule has 0 aromatic heterocycles. The van der Waals surface area contributed by atoms with E-state index in [9.17, 15) is 35.9 Å². The molecule has 47 heavy (non-hydrogen) atoms. The van der Waals surface area contributed by atoms with E-state index < -0.39 is 36.0 Å². The zero-order valence-electron chi connectivity index (χ0n) is 24.9. The molecule has 2 amide bonds. The van der Waals surface area contributed by atoms with Gasteiger partial charge in [-0.2, -0.15) is 26.3 Å². The second-order valence-electron chi connectivity index (χ2n) is 11.3. The van der Waals surface area contributed by atoms with Crippen molar-refractivity contribution in [1.29, 1.82) is 0 Å². The van der Waals surface area contributed by atoms with Crippen molar-refractivity contribution >= 4 is 29.4 Å². The molecule has 2 heterocycles. The molecular weight excluding hydrogens is 652 g/mol. The second-order valence-corrected chi connectivity index (χ2v) is 11.7. The molecule has 2 aliphatic heterocycles. The summed E-state index contributed by atoms with van der Waals surface area (Å²) in [4.78, 5) is 37.6. The van der Waals surface area contributed by atoms with Crippen LogP contribution in [0.4, 0.5) is 26.3 Å². The Balaban J connectivity index is 0.000000644. The van der Waals surface area contributed by atoms with Crippen molar-refractivity contribution in [1.82, 2.24) is 15.5 Å². The van der Waals surface area contributed by atoms with Gasteiger partial charge in [0.25, 0.3) is 0 Å². The van der Waals surface area contributed by atoms with Crippen molar-refractivity contribution in [2.75, 3.05) is 13.1 Å². The second kappa shape index (κ2) is 15.2. The van der Waals surface area contributed by atoms with Crippen LogP contribution in [-0.2, 0) is 39.9 Å². The number of carboxylic acids is 1. The fourth-order valence-corrected chi connectivity index (χ4v) is 5.84. The van der Waals surface area contributed by atoms with Gasteiger partial charge in [0.1, 0.15) is 6.04 Å². The van der Waals surface area contributed by atoms with E-state index in [2.05, 4.69) is 10.6 Å². The van der Waals surface area contributed by atoms with Crippen molar-refractivity contribution < 1.29 is 45.8 Å². The number of hydrogen-bond acceptors (Lipinski definition) is 4. The summed E-state index contributed by atoms with van der Waals surface area (Å²) < 4.78 is 72.5. The fourth-order valence-electron chi connectivity index (χ4n) is 5.71. The van der Waals surface area contributed by atoms with Crippen LogP contribution < -0.4 is 10.6 Å². The number of nitrogens with zero attached hydrogens (tertiary/aromatic N) is 1. The Hall–Kier alpha value is -4.10. The molecule has 2 atom stereocenters. The van der Waals surface area contributed by atoms with E-state index in [0.29, 0.717) is 43.9 Å². The van der Waals surface area contributed by atoms with Gasteiger partial charge >= 0.3 is 18.3 Å². The van der Waals surface area contributed by atoms with E-state index in [1.165, 1.54) is 12.1 Å². The molecule has 0 saturated carbocycles. The van der Waals surface area contributed by atoms with Gasteiger partial charge in [0.15, 0.2) is 0 Å². The zero-order valence-corrected chi connectivity index (χ0v) is 25.6. The zero-order chi connectivity index (χ0) is 34.4. The lowest BCUT2D eigenvalue weighted by atomic mass is 9.86. The number of fused-ring (bicyclic) bond motifs is 1. The maximum Gasteiger partial charge on any atom is 0.490 e. The number of aliphatic carboxylic acids is 1. The molecule has 252 valence electrons. The Labute approximate surface area is 271 Å². The van der Waals surface area contributed by atoms with Gasteiger partial charge in [-0.05, 0) is 65.6 Å². The van der Waals surface area contributed by atoms with Crippen LogP contribution in [0, 0.1) is 0 Å². The van der Waals surface area contributed by atoms with Crippen LogP contribution >= 0.6 is 11.6 Å². The monoisotopic (exact) mass is 683 g/mol. The summed E-state index contributed by atoms with van der Waals surface area (Å²) in [5.74, 6) is -3.54. The standard InChI is InChI=1S/C31H31ClF3N3O2.C2HF3O2/c32-24-11-9-20(10-12-24)17-28(37-29(39)27-18-22-5-1-2-6-23(22)19-36-27)30(40)38-15-13-21(14-16-38)25-7-3-4-8-26(25)31(33,34)35;3-2(4,5)1(6)7/h1-12,21,27-28,36H,13-19H2,(H,37,39);(H,6,7)/t27-,28+;/m0./s1. The predicted molar refractivity (Wildman–Crippen MR) is 162 cm³/mol. The third-order valence-corrected chi connectivity index (χ3v) is 8.37. The molecule has 5 rings (SSSR count). The lowest BCUT2D eigenvalue weighted by Gasteiger charge is -2.36. The average Bonchev–Trinajstić information content (AvgIpc) is 3.04. The van der Waals surface area contributed by atoms with Gasteiger partial charge in [-0.15, -0.1) is 0 Å². The van der Waals surface area contributed by atoms with Crippen molar-refractivity contribution in [2.45, 2.75) is 62.6 Å². The van der Waals surface area contributed by atoms with Gasteiger partial charge in [0, 0.05) is 31.1 Å². The molecule has 0 spiro atoms. The first-order valence-corrected chi connectivity index (χ1v) is 15.1. The number of carbonyl (C=O) groups is 3. The maximum atomic E-state index is 13.7. The van der Waals surface area contributed by atoms with E-state index in [1.54, 1.807) is 23.1 Å². The Bertz CT molecular complexity index is 1560. The van der Waals surface area contributed by atoms with Gasteiger partial charge < -0.3 is 20.6 Å². The minimum Gasteiger partial charge on any atom is -0.475 e. The first-order chi connectivity index (χ1) is 22.1. The first-order valence-electron chi connectivity index (χ1n) is 14.7. The van der Waals surface area contributed by atoms with E-state index in [4.69, 9.17) is 21.5 Å². The van der Waals surface area contributed by atoms with Crippen LogP contribution in [0.15, 0.2) is 72.8 Å². The molecule has 14 heteroatoms. The van der Waals surface area contributed by atoms with Gasteiger partial charge in [-0.25, -0.2) is 4.79 Å². The van der Waals surface area contributed by atoms with Crippen LogP contribution in [0.3, 0.4) is 0 Å². The van der Waals surface area contributed by atoms with E-state index in [-0.39, 0.29) is 29.7 Å². The smallest absolute Gasteiger partial charge is 0.475 e. The summed E-state index contributed by atoms with van der Waals surface area (Å²) in [6.07, 6.45) is -7.87. The van der Waals surface area contributed by atoms with Crippen LogP contribution in [0.5, 0.6) is 0 Å². The Morgan fingerprint density at radius 3 is 2.06 bits per heavy atom. The number of benzene rings is 3. The quantitative estimate of drug-likeness (QED) is 0.271. The molecule has 3 aromatic rings. The molecule has 0 bridgehead atoms. The van der Waals surface area contributed by atoms with Gasteiger partial charge in [-0.3, -0.25) is 9.59 Å². The average molecular weight is 684 g/mol. The molecule has 3 N–H and O–H groups in total. The summed E-state index contributed by atoms with van der Waals surface area (Å²) in [6.45, 7) is 1.20. The number of alkyl halides is 6. The maximum absolute atomic E-state index is 13.7. The third-order valence-electron chi connectivity index (χ3n) is 8.12. The summed E-state index contributed by atoms with van der Waals surface area (Å²) in [7, 11) is 0. The summed E-state index contributed by atoms with van der Waals surface area (Å²) in [6, 6.07) is 19.5. The molecule has 1 saturated heterocycles. The molecule has 7 nitrogen and oxygen atoms in total. The highest BCUT2D eigenvalue weighted by molar-refractivity contribution is 6.30. The van der Waals surface area contributed by atoms with Crippen LogP contribution in [0.25, 0.3) is 0 Å². The molecule has 0 aliphatic carbocycles. The van der Waals surface area contributed by atoms with Crippen molar-refractivity contribution in [3.8, 4) is 0 Å². The molecule has 1 fully saturated rings. The number of halogens is 7. The SMILES string of the molecule is O=C(N[C@H](Cc1ccc(Cl)cc1)C(=O)N1CCC(c2ccccc2C(F)(F)F)CC1)[C@@H]1Cc2ccccc2CN1.O=C(O)C(F)(F)F. The highest BCUT2D eigenvalue weighted by Crippen LogP contribution is 2.38. The Kier molecular flexibility index (Phi) is 11.6. The lowest BCUT2D eigenvalue weighted by molar-refractivity contribution is -0.192. The fraction of sp³-hybridized carbons (Fsp3) is 0.364. The molecular formula is C33H32ClF6N3O4. The van der Waals surface area contributed by atoms with Crippen LogP contribution in [0.2, 0.25) is 5.02 Å². The molecule has 2 aliphatic rings. The van der Waals surface area contributed by atoms with Crippen molar-refractivity contribution in [2.24, 2.45) is 0 Å². The van der Waals surface area contributed by atoms with E-state index >= 15 is 0 Å². The number of nitrogens with one attached hydrogen (secondary N) is 2. The molecule has 0 radical (unpaired) electrons. The van der Waals surface area contributed by atoms with Crippen molar-refractivity contribution in [3.63, 3.8) is 0 Å². The van der Waals surface area contributed by atoms with Gasteiger partial charge in [0.2, 0.25) is 11.8 Å². The minimum atomic E-state index is -5.08. The van der Waals surface area contributed by atoms with Gasteiger partial charge in [-0.1, -0.05) is 66.2 Å². The first kappa shape index (κ1) is 35.7. The topological polar surface area (TPSA) is 98.7 Å². The Morgan fingerprint density at radius 2 is 1.47 bits per heavy atom. The number of carboxylic acid groups (broad SMARTS) is 1. The van der Waals surface area contributed by atoms with Gasteiger partial charge in [0.05, 0.1) is 11.6 Å². The number of hydrogen-bond donors (Lipinski definition) is 3. The summed E-state index contributed by atoms with van der Waals surface area (Å²) in [5, 5.41) is 13.9. The number of rotatable bonds is 6. The molecule has 3 aromatic carbocycles. The van der Waals surface area contributed by atoms with E-state index in [0.717, 1.165) is 22.8 Å². The minimum absolute atomic E-state index is 0.234. The summed E-state index contributed by atoms with van der Waals surface area (Å²) in [5.41, 5.74) is 2.75. The van der Waals surface area contributed by atoms with Crippen molar-refractivity contribution in [3.05, 3.63) is 106 Å². The highest BCUT2D eigenvalue weighted by Gasteiger charge is 2.39. The number of likely N-dealkylation sites (tertiary alicyclic amines) is 1. The van der Waals surface area contributed by atoms with Crippen LogP contribution in [0.1, 0.15) is 46.6 Å². The number of amides is 2. The molecule has 0 unspecified atom stereocenters. The third kappa shape index (κ3) is 9.71. The number of piperidine rings is 1. The van der Waals surface area contributed by atoms with Crippen LogP contribution in [-0.4, -0.2) is 59.1 Å². The highest BCUT2D eigenvalue weighted by atomic mass is 35.5. The summed E-state index contributed by atoms with van der Waals surface area (Å²) >= 11 is 6.04. The predicted octanol–water partition coefficient (Wildman–Crippen LogP) is 6.14.